The molecule has 0 unspecified atom stereocenters. The van der Waals surface area contributed by atoms with E-state index in [1.54, 1.807) is 49.4 Å². The third-order valence-corrected chi connectivity index (χ3v) is 5.30. The molecular formula is C17H15NO3S. The molecular weight excluding hydrogens is 298 g/mol. The van der Waals surface area contributed by atoms with Crippen molar-refractivity contribution in [1.29, 1.82) is 0 Å². The number of hydrogen-bond acceptors (Lipinski definition) is 3. The molecule has 3 aromatic rings. The number of fused-ring (bicyclic) bond motifs is 1. The molecule has 0 radical (unpaired) electrons. The van der Waals surface area contributed by atoms with Gasteiger partial charge >= 0.3 is 0 Å². The maximum atomic E-state index is 13.0. The van der Waals surface area contributed by atoms with Gasteiger partial charge in [0.15, 0.2) is 5.78 Å². The Kier molecular flexibility index (Phi) is 3.58. The van der Waals surface area contributed by atoms with Crippen molar-refractivity contribution in [2.45, 2.75) is 18.2 Å². The summed E-state index contributed by atoms with van der Waals surface area (Å²) in [5.74, 6) is -0.198. The molecule has 0 atom stereocenters. The van der Waals surface area contributed by atoms with E-state index in [4.69, 9.17) is 0 Å². The van der Waals surface area contributed by atoms with Crippen molar-refractivity contribution in [3.63, 3.8) is 0 Å². The van der Waals surface area contributed by atoms with Gasteiger partial charge in [-0.05, 0) is 24.3 Å². The number of para-hydroxylation sites is 1. The zero-order valence-corrected chi connectivity index (χ0v) is 12.9. The van der Waals surface area contributed by atoms with Gasteiger partial charge in [0.05, 0.1) is 10.4 Å². The molecule has 0 spiro atoms. The predicted octanol–water partition coefficient (Wildman–Crippen LogP) is 3.47. The van der Waals surface area contributed by atoms with Gasteiger partial charge in [0.2, 0.25) is 0 Å². The molecule has 0 aliphatic heterocycles. The van der Waals surface area contributed by atoms with Crippen LogP contribution in [-0.4, -0.2) is 18.2 Å². The molecule has 0 amide bonds. The Hall–Kier alpha value is -2.40. The number of hydrogen-bond donors (Lipinski definition) is 0. The predicted molar refractivity (Wildman–Crippen MR) is 85.6 cm³/mol. The molecule has 0 bridgehead atoms. The molecule has 0 fully saturated rings. The molecule has 1 heterocycles. The van der Waals surface area contributed by atoms with E-state index in [1.165, 1.54) is 12.1 Å². The van der Waals surface area contributed by atoms with E-state index < -0.39 is 10.0 Å². The van der Waals surface area contributed by atoms with Crippen LogP contribution in [0.25, 0.3) is 10.9 Å². The Bertz CT molecular complexity index is 940. The number of carbonyl (C=O) groups is 1. The number of benzene rings is 2. The summed E-state index contributed by atoms with van der Waals surface area (Å²) in [5.41, 5.74) is 0.718. The lowest BCUT2D eigenvalue weighted by atomic mass is 10.2. The lowest BCUT2D eigenvalue weighted by Gasteiger charge is -2.11. The van der Waals surface area contributed by atoms with Gasteiger partial charge in [-0.3, -0.25) is 4.79 Å². The van der Waals surface area contributed by atoms with E-state index in [0.717, 1.165) is 9.36 Å². The monoisotopic (exact) mass is 313 g/mol. The van der Waals surface area contributed by atoms with Crippen molar-refractivity contribution in [1.82, 2.24) is 3.97 Å². The molecule has 22 heavy (non-hydrogen) atoms. The highest BCUT2D eigenvalue weighted by Crippen LogP contribution is 2.26. The highest BCUT2D eigenvalue weighted by Gasteiger charge is 2.25. The topological polar surface area (TPSA) is 56.1 Å². The van der Waals surface area contributed by atoms with E-state index in [9.17, 15) is 13.2 Å². The summed E-state index contributed by atoms with van der Waals surface area (Å²) in [6.07, 6.45) is 0.251. The standard InChI is InChI=1S/C17H15NO3S/c1-2-17(19)16-12-13-8-6-7-11-15(13)18(16)22(20,21)14-9-4-3-5-10-14/h3-12H,2H2,1H3. The second-order valence-electron chi connectivity index (χ2n) is 4.95. The Balaban J connectivity index is 2.36. The number of aromatic nitrogens is 1. The van der Waals surface area contributed by atoms with Crippen LogP contribution < -0.4 is 0 Å². The molecule has 112 valence electrons. The van der Waals surface area contributed by atoms with Crippen molar-refractivity contribution >= 4 is 26.7 Å². The lowest BCUT2D eigenvalue weighted by molar-refractivity contribution is 0.0982. The van der Waals surface area contributed by atoms with Crippen LogP contribution >= 0.6 is 0 Å². The quantitative estimate of drug-likeness (QED) is 0.693. The summed E-state index contributed by atoms with van der Waals surface area (Å²) in [7, 11) is -3.81. The van der Waals surface area contributed by atoms with E-state index in [0.29, 0.717) is 5.52 Å². The van der Waals surface area contributed by atoms with Gasteiger partial charge in [0.1, 0.15) is 5.69 Å². The maximum absolute atomic E-state index is 13.0. The molecule has 2 aromatic carbocycles. The number of nitrogens with zero attached hydrogens (tertiary/aromatic N) is 1. The smallest absolute Gasteiger partial charge is 0.268 e. The van der Waals surface area contributed by atoms with Gasteiger partial charge in [-0.1, -0.05) is 43.3 Å². The Labute approximate surface area is 129 Å². The third-order valence-electron chi connectivity index (χ3n) is 3.55. The molecule has 0 aliphatic carbocycles. The lowest BCUT2D eigenvalue weighted by Crippen LogP contribution is -2.18. The summed E-state index contributed by atoms with van der Waals surface area (Å²) in [6, 6.07) is 16.9. The van der Waals surface area contributed by atoms with E-state index >= 15 is 0 Å². The fourth-order valence-electron chi connectivity index (χ4n) is 2.46. The number of rotatable bonds is 4. The summed E-state index contributed by atoms with van der Waals surface area (Å²) in [5, 5.41) is 0.735. The van der Waals surface area contributed by atoms with Crippen LogP contribution in [0.1, 0.15) is 23.8 Å². The van der Waals surface area contributed by atoms with Crippen molar-refractivity contribution in [2.75, 3.05) is 0 Å². The van der Waals surface area contributed by atoms with Crippen LogP contribution in [-0.2, 0) is 10.0 Å². The largest absolute Gasteiger partial charge is 0.293 e. The fraction of sp³-hybridized carbons (Fsp3) is 0.118. The summed E-state index contributed by atoms with van der Waals surface area (Å²) in [6.45, 7) is 1.72. The first kappa shape index (κ1) is 14.5. The summed E-state index contributed by atoms with van der Waals surface area (Å²) < 4.78 is 27.1. The highest BCUT2D eigenvalue weighted by molar-refractivity contribution is 7.90. The SMILES string of the molecule is CCC(=O)c1cc2ccccc2n1S(=O)(=O)c1ccccc1. The normalized spacial score (nSPS) is 11.7. The molecule has 0 saturated heterocycles. The van der Waals surface area contributed by atoms with Crippen LogP contribution in [0, 0.1) is 0 Å². The minimum Gasteiger partial charge on any atom is -0.293 e. The van der Waals surface area contributed by atoms with Gasteiger partial charge in [0.25, 0.3) is 10.0 Å². The van der Waals surface area contributed by atoms with Gasteiger partial charge in [-0.15, -0.1) is 0 Å². The van der Waals surface area contributed by atoms with Crippen LogP contribution in [0.5, 0.6) is 0 Å². The minimum absolute atomic E-state index is 0.168. The number of Topliss-reactive ketones (excluding diaryl/α,β-unsaturated/α-hetero) is 1. The molecule has 1 aromatic heterocycles. The Morgan fingerprint density at radius 1 is 1.00 bits per heavy atom. The van der Waals surface area contributed by atoms with E-state index in [1.807, 2.05) is 6.07 Å². The average molecular weight is 313 g/mol. The summed E-state index contributed by atoms with van der Waals surface area (Å²) >= 11 is 0. The summed E-state index contributed by atoms with van der Waals surface area (Å²) in [4.78, 5) is 12.4. The average Bonchev–Trinajstić information content (AvgIpc) is 2.95. The second-order valence-corrected chi connectivity index (χ2v) is 6.73. The number of carbonyl (C=O) groups excluding carboxylic acids is 1. The van der Waals surface area contributed by atoms with Crippen LogP contribution in [0.15, 0.2) is 65.6 Å². The maximum Gasteiger partial charge on any atom is 0.268 e. The first-order valence-electron chi connectivity index (χ1n) is 7.00. The van der Waals surface area contributed by atoms with Gasteiger partial charge in [0, 0.05) is 11.8 Å². The minimum atomic E-state index is -3.81. The molecule has 0 aliphatic rings. The van der Waals surface area contributed by atoms with Gasteiger partial charge in [-0.25, -0.2) is 12.4 Å². The Morgan fingerprint density at radius 2 is 1.64 bits per heavy atom. The second kappa shape index (κ2) is 5.42. The van der Waals surface area contributed by atoms with Crippen LogP contribution in [0.2, 0.25) is 0 Å². The number of ketones is 1. The van der Waals surface area contributed by atoms with Crippen molar-refractivity contribution in [3.05, 3.63) is 66.4 Å². The zero-order chi connectivity index (χ0) is 15.7. The molecule has 5 heteroatoms. The van der Waals surface area contributed by atoms with Crippen molar-refractivity contribution in [3.8, 4) is 0 Å². The highest BCUT2D eigenvalue weighted by atomic mass is 32.2. The first-order chi connectivity index (χ1) is 10.6. The molecule has 0 saturated carbocycles. The van der Waals surface area contributed by atoms with Gasteiger partial charge in [-0.2, -0.15) is 0 Å². The molecule has 0 N–H and O–H groups in total. The van der Waals surface area contributed by atoms with E-state index in [-0.39, 0.29) is 22.8 Å². The van der Waals surface area contributed by atoms with Gasteiger partial charge < -0.3 is 0 Å². The van der Waals surface area contributed by atoms with Crippen molar-refractivity contribution < 1.29 is 13.2 Å². The van der Waals surface area contributed by atoms with Crippen LogP contribution in [0.3, 0.4) is 0 Å². The molecule has 3 rings (SSSR count). The van der Waals surface area contributed by atoms with Crippen molar-refractivity contribution in [2.24, 2.45) is 0 Å². The Morgan fingerprint density at radius 3 is 2.32 bits per heavy atom. The first-order valence-corrected chi connectivity index (χ1v) is 8.44. The molecule has 4 nitrogen and oxygen atoms in total. The van der Waals surface area contributed by atoms with E-state index in [2.05, 4.69) is 0 Å². The van der Waals surface area contributed by atoms with Crippen LogP contribution in [0.4, 0.5) is 0 Å². The fourth-order valence-corrected chi connectivity index (χ4v) is 4.01. The zero-order valence-electron chi connectivity index (χ0n) is 12.1. The third kappa shape index (κ3) is 2.23.